The molecule has 0 saturated heterocycles. The molecule has 0 fully saturated rings. The first-order valence-electron chi connectivity index (χ1n) is 6.08. The Balaban J connectivity index is 2.53. The molecular formula is C13H18F3N3O. The summed E-state index contributed by atoms with van der Waals surface area (Å²) in [7, 11) is 3.78. The number of amides is 1. The molecule has 0 spiro atoms. The van der Waals surface area contributed by atoms with Crippen molar-refractivity contribution in [2.75, 3.05) is 32.5 Å². The minimum Gasteiger partial charge on any atom is -0.325 e. The van der Waals surface area contributed by atoms with Crippen LogP contribution in [0.5, 0.6) is 0 Å². The molecule has 0 heterocycles. The number of alkyl halides is 3. The predicted molar refractivity (Wildman–Crippen MR) is 71.4 cm³/mol. The smallest absolute Gasteiger partial charge is 0.325 e. The van der Waals surface area contributed by atoms with Gasteiger partial charge in [0.25, 0.3) is 0 Å². The first-order valence-corrected chi connectivity index (χ1v) is 6.08. The molecule has 0 bridgehead atoms. The van der Waals surface area contributed by atoms with Crippen molar-refractivity contribution >= 4 is 11.6 Å². The van der Waals surface area contributed by atoms with Crippen LogP contribution in [0.25, 0.3) is 0 Å². The predicted octanol–water partition coefficient (Wildman–Crippen LogP) is 1.84. The maximum absolute atomic E-state index is 11.9. The van der Waals surface area contributed by atoms with E-state index in [1.807, 2.05) is 31.1 Å². The zero-order valence-electron chi connectivity index (χ0n) is 11.4. The fraction of sp³-hybridized carbons (Fsp3) is 0.462. The molecule has 0 saturated carbocycles. The van der Waals surface area contributed by atoms with E-state index in [0.29, 0.717) is 12.2 Å². The van der Waals surface area contributed by atoms with Crippen LogP contribution in [0.3, 0.4) is 0 Å². The lowest BCUT2D eigenvalue weighted by atomic mass is 10.1. The van der Waals surface area contributed by atoms with Crippen LogP contribution >= 0.6 is 0 Å². The number of benzene rings is 1. The molecule has 0 aliphatic rings. The van der Waals surface area contributed by atoms with Gasteiger partial charge in [0.15, 0.2) is 0 Å². The lowest BCUT2D eigenvalue weighted by Gasteiger charge is -2.15. The van der Waals surface area contributed by atoms with Gasteiger partial charge < -0.3 is 15.5 Å². The summed E-state index contributed by atoms with van der Waals surface area (Å²) in [4.78, 5) is 13.5. The van der Waals surface area contributed by atoms with E-state index >= 15 is 0 Å². The van der Waals surface area contributed by atoms with Gasteiger partial charge in [0.2, 0.25) is 5.91 Å². The standard InChI is InChI=1S/C13H18F3N3O/c1-19(2)8-10-5-3-4-6-11(10)18-12(20)7-17-9-13(14,15)16/h3-6,17H,7-9H2,1-2H3,(H,18,20). The highest BCUT2D eigenvalue weighted by atomic mass is 19.4. The summed E-state index contributed by atoms with van der Waals surface area (Å²) < 4.78 is 35.8. The normalized spacial score (nSPS) is 11.7. The fourth-order valence-corrected chi connectivity index (χ4v) is 1.63. The Morgan fingerprint density at radius 2 is 1.90 bits per heavy atom. The van der Waals surface area contributed by atoms with Crippen molar-refractivity contribution < 1.29 is 18.0 Å². The van der Waals surface area contributed by atoms with E-state index in [1.54, 1.807) is 12.1 Å². The van der Waals surface area contributed by atoms with Gasteiger partial charge in [-0.2, -0.15) is 13.2 Å². The number of hydrogen-bond donors (Lipinski definition) is 2. The highest BCUT2D eigenvalue weighted by molar-refractivity contribution is 5.92. The van der Waals surface area contributed by atoms with E-state index in [9.17, 15) is 18.0 Å². The Kier molecular flexibility index (Phi) is 5.97. The number of rotatable bonds is 6. The molecule has 112 valence electrons. The number of carbonyl (C=O) groups excluding carboxylic acids is 1. The second-order valence-corrected chi connectivity index (χ2v) is 4.66. The van der Waals surface area contributed by atoms with Gasteiger partial charge >= 0.3 is 6.18 Å². The van der Waals surface area contributed by atoms with E-state index in [1.165, 1.54) is 0 Å². The fourth-order valence-electron chi connectivity index (χ4n) is 1.63. The topological polar surface area (TPSA) is 44.4 Å². The molecule has 0 atom stereocenters. The van der Waals surface area contributed by atoms with Crippen molar-refractivity contribution in [1.29, 1.82) is 0 Å². The molecule has 2 N–H and O–H groups in total. The maximum atomic E-state index is 11.9. The van der Waals surface area contributed by atoms with E-state index < -0.39 is 18.6 Å². The highest BCUT2D eigenvalue weighted by Crippen LogP contribution is 2.16. The second-order valence-electron chi connectivity index (χ2n) is 4.66. The monoisotopic (exact) mass is 289 g/mol. The van der Waals surface area contributed by atoms with E-state index in [4.69, 9.17) is 0 Å². The minimum atomic E-state index is -4.32. The van der Waals surface area contributed by atoms with Gasteiger partial charge in [-0.15, -0.1) is 0 Å². The highest BCUT2D eigenvalue weighted by Gasteiger charge is 2.26. The first kappa shape index (κ1) is 16.5. The van der Waals surface area contributed by atoms with Gasteiger partial charge in [0.05, 0.1) is 13.1 Å². The molecule has 1 amide bonds. The summed E-state index contributed by atoms with van der Waals surface area (Å²) in [5.74, 6) is -0.500. The van der Waals surface area contributed by atoms with Crippen LogP contribution in [0.15, 0.2) is 24.3 Å². The molecule has 0 aliphatic heterocycles. The molecule has 1 aromatic carbocycles. The molecule has 7 heteroatoms. The van der Waals surface area contributed by atoms with Crippen LogP contribution in [0, 0.1) is 0 Å². The van der Waals surface area contributed by atoms with Gasteiger partial charge in [-0.1, -0.05) is 18.2 Å². The zero-order chi connectivity index (χ0) is 15.2. The number of nitrogens with zero attached hydrogens (tertiary/aromatic N) is 1. The minimum absolute atomic E-state index is 0.379. The van der Waals surface area contributed by atoms with Crippen LogP contribution in [-0.4, -0.2) is 44.2 Å². The molecule has 0 radical (unpaired) electrons. The largest absolute Gasteiger partial charge is 0.401 e. The average molecular weight is 289 g/mol. The molecule has 0 unspecified atom stereocenters. The SMILES string of the molecule is CN(C)Cc1ccccc1NC(=O)CNCC(F)(F)F. The van der Waals surface area contributed by atoms with Crippen LogP contribution in [-0.2, 0) is 11.3 Å². The maximum Gasteiger partial charge on any atom is 0.401 e. The van der Waals surface area contributed by atoms with E-state index in [-0.39, 0.29) is 6.54 Å². The van der Waals surface area contributed by atoms with Crippen LogP contribution in [0.2, 0.25) is 0 Å². The summed E-state index contributed by atoms with van der Waals surface area (Å²) >= 11 is 0. The molecular weight excluding hydrogens is 271 g/mol. The van der Waals surface area contributed by atoms with Crippen LogP contribution in [0.1, 0.15) is 5.56 Å². The van der Waals surface area contributed by atoms with Crippen LogP contribution in [0.4, 0.5) is 18.9 Å². The van der Waals surface area contributed by atoms with Crippen molar-refractivity contribution in [2.24, 2.45) is 0 Å². The zero-order valence-corrected chi connectivity index (χ0v) is 11.4. The summed E-state index contributed by atoms with van der Waals surface area (Å²) in [6, 6.07) is 7.19. The third-order valence-electron chi connectivity index (χ3n) is 2.39. The lowest BCUT2D eigenvalue weighted by molar-refractivity contribution is -0.126. The summed E-state index contributed by atoms with van der Waals surface area (Å²) in [6.07, 6.45) is -4.32. The Hall–Kier alpha value is -1.60. The van der Waals surface area contributed by atoms with Gasteiger partial charge in [-0.3, -0.25) is 4.79 Å². The lowest BCUT2D eigenvalue weighted by Crippen LogP contribution is -2.35. The van der Waals surface area contributed by atoms with E-state index in [2.05, 4.69) is 10.6 Å². The average Bonchev–Trinajstić information content (AvgIpc) is 2.29. The van der Waals surface area contributed by atoms with E-state index in [0.717, 1.165) is 5.56 Å². The number of nitrogens with one attached hydrogen (secondary N) is 2. The van der Waals surface area contributed by atoms with Crippen molar-refractivity contribution in [3.05, 3.63) is 29.8 Å². The van der Waals surface area contributed by atoms with Gasteiger partial charge in [-0.25, -0.2) is 0 Å². The Bertz CT molecular complexity index is 447. The second kappa shape index (κ2) is 7.25. The van der Waals surface area contributed by atoms with Crippen molar-refractivity contribution in [3.63, 3.8) is 0 Å². The molecule has 20 heavy (non-hydrogen) atoms. The Morgan fingerprint density at radius 1 is 1.25 bits per heavy atom. The van der Waals surface area contributed by atoms with Crippen molar-refractivity contribution in [3.8, 4) is 0 Å². The molecule has 1 rings (SSSR count). The van der Waals surface area contributed by atoms with Crippen molar-refractivity contribution in [1.82, 2.24) is 10.2 Å². The molecule has 1 aromatic rings. The number of anilines is 1. The molecule has 4 nitrogen and oxygen atoms in total. The first-order chi connectivity index (χ1) is 9.28. The summed E-state index contributed by atoms with van der Waals surface area (Å²) in [6.45, 7) is -0.929. The quantitative estimate of drug-likeness (QED) is 0.840. The van der Waals surface area contributed by atoms with Crippen LogP contribution < -0.4 is 10.6 Å². The third-order valence-corrected chi connectivity index (χ3v) is 2.39. The Labute approximate surface area is 116 Å². The number of halogens is 3. The molecule has 0 aromatic heterocycles. The van der Waals surface area contributed by atoms with Gasteiger partial charge in [0.1, 0.15) is 0 Å². The van der Waals surface area contributed by atoms with Gasteiger partial charge in [-0.05, 0) is 25.7 Å². The number of hydrogen-bond acceptors (Lipinski definition) is 3. The van der Waals surface area contributed by atoms with Gasteiger partial charge in [0, 0.05) is 12.2 Å². The third kappa shape index (κ3) is 6.53. The van der Waals surface area contributed by atoms with Crippen molar-refractivity contribution in [2.45, 2.75) is 12.7 Å². The molecule has 0 aliphatic carbocycles. The summed E-state index contributed by atoms with van der Waals surface area (Å²) in [5, 5.41) is 4.66. The number of para-hydroxylation sites is 1. The summed E-state index contributed by atoms with van der Waals surface area (Å²) in [5.41, 5.74) is 1.52. The number of carbonyl (C=O) groups is 1. The Morgan fingerprint density at radius 3 is 2.50 bits per heavy atom.